The van der Waals surface area contributed by atoms with Gasteiger partial charge in [0.15, 0.2) is 0 Å². The second-order valence-electron chi connectivity index (χ2n) is 3.06. The Labute approximate surface area is 63.8 Å². The van der Waals surface area contributed by atoms with Crippen LogP contribution in [0.1, 0.15) is 26.2 Å². The van der Waals surface area contributed by atoms with Crippen LogP contribution in [0.2, 0.25) is 0 Å². The average Bonchev–Trinajstić information content (AvgIpc) is 1.94. The minimum atomic E-state index is 0.666. The predicted octanol–water partition coefficient (Wildman–Crippen LogP) is 2.44. The molecule has 2 atom stereocenters. The van der Waals surface area contributed by atoms with Crippen molar-refractivity contribution in [2.75, 3.05) is 7.11 Å². The van der Waals surface area contributed by atoms with Crippen molar-refractivity contribution in [2.45, 2.75) is 26.2 Å². The summed E-state index contributed by atoms with van der Waals surface area (Å²) in [6.07, 6.45) is 6.30. The smallest absolute Gasteiger partial charge is 0.200 e. The van der Waals surface area contributed by atoms with Gasteiger partial charge in [0.25, 0.3) is 0 Å². The third-order valence-electron chi connectivity index (χ3n) is 2.27. The van der Waals surface area contributed by atoms with Crippen molar-refractivity contribution in [1.82, 2.24) is 0 Å². The maximum atomic E-state index is 5.01. The van der Waals surface area contributed by atoms with E-state index in [0.29, 0.717) is 11.8 Å². The summed E-state index contributed by atoms with van der Waals surface area (Å²) in [4.78, 5) is 0. The molecule has 0 N–H and O–H groups in total. The Bertz CT molecular complexity index is 88.7. The zero-order chi connectivity index (χ0) is 7.40. The molecule has 0 saturated heterocycles. The molecule has 1 nitrogen and oxygen atoms in total. The van der Waals surface area contributed by atoms with Crippen LogP contribution in [-0.4, -0.2) is 7.11 Å². The summed E-state index contributed by atoms with van der Waals surface area (Å²) in [6, 6.07) is 0. The van der Waals surface area contributed by atoms with Crippen molar-refractivity contribution in [3.8, 4) is 0 Å². The standard InChI is InChI=1S/C9H16O/c1-8-5-3-4-6-9(8)7-10-2/h5,7-9H,3-4,6H2,1-2H3/q+1. The molecule has 10 heavy (non-hydrogen) atoms. The molecule has 0 bridgehead atoms. The second-order valence-corrected chi connectivity index (χ2v) is 3.06. The zero-order valence-corrected chi connectivity index (χ0v) is 6.84. The van der Waals surface area contributed by atoms with E-state index in [1.165, 1.54) is 19.3 Å². The molecule has 1 aliphatic rings. The molecule has 0 heterocycles. The van der Waals surface area contributed by atoms with Crippen LogP contribution in [-0.2, 0) is 4.74 Å². The lowest BCUT2D eigenvalue weighted by Crippen LogP contribution is -2.18. The summed E-state index contributed by atoms with van der Waals surface area (Å²) >= 11 is 0. The molecule has 1 aliphatic carbocycles. The Hall–Kier alpha value is -0.170. The second kappa shape index (κ2) is 3.87. The van der Waals surface area contributed by atoms with E-state index in [1.807, 2.05) is 6.61 Å². The highest BCUT2D eigenvalue weighted by Gasteiger charge is 2.28. The summed E-state index contributed by atoms with van der Waals surface area (Å²) in [6.45, 7) is 4.24. The molecular weight excluding hydrogens is 124 g/mol. The van der Waals surface area contributed by atoms with Gasteiger partial charge < -0.3 is 0 Å². The molecule has 0 aromatic carbocycles. The third kappa shape index (κ3) is 1.91. The van der Waals surface area contributed by atoms with E-state index in [-0.39, 0.29) is 0 Å². The van der Waals surface area contributed by atoms with E-state index in [4.69, 9.17) is 4.74 Å². The van der Waals surface area contributed by atoms with Crippen LogP contribution < -0.4 is 0 Å². The minimum absolute atomic E-state index is 0.666. The van der Waals surface area contributed by atoms with Crippen LogP contribution in [0.3, 0.4) is 0 Å². The topological polar surface area (TPSA) is 9.23 Å². The molecule has 1 radical (unpaired) electrons. The molecule has 0 aromatic rings. The molecule has 0 amide bonds. The predicted molar refractivity (Wildman–Crippen MR) is 42.1 cm³/mol. The highest BCUT2D eigenvalue weighted by Crippen LogP contribution is 2.30. The van der Waals surface area contributed by atoms with E-state index in [9.17, 15) is 0 Å². The Kier molecular flexibility index (Phi) is 3.07. The number of methoxy groups -OCH3 is 1. The van der Waals surface area contributed by atoms with E-state index in [1.54, 1.807) is 7.11 Å². The lowest BCUT2D eigenvalue weighted by atomic mass is 9.81. The fourth-order valence-corrected chi connectivity index (χ4v) is 1.54. The van der Waals surface area contributed by atoms with E-state index < -0.39 is 0 Å². The molecular formula is C9H16O+. The molecule has 57 valence electrons. The van der Waals surface area contributed by atoms with Crippen LogP contribution in [0.5, 0.6) is 0 Å². The van der Waals surface area contributed by atoms with Gasteiger partial charge in [-0.3, -0.25) is 0 Å². The van der Waals surface area contributed by atoms with E-state index in [2.05, 4.69) is 13.3 Å². The summed E-state index contributed by atoms with van der Waals surface area (Å²) < 4.78 is 5.01. The first-order valence-electron chi connectivity index (χ1n) is 4.04. The maximum absolute atomic E-state index is 5.01. The first-order valence-corrected chi connectivity index (χ1v) is 4.04. The molecule has 1 heteroatoms. The minimum Gasteiger partial charge on any atom is -0.200 e. The Morgan fingerprint density at radius 1 is 1.60 bits per heavy atom. The monoisotopic (exact) mass is 140 g/mol. The van der Waals surface area contributed by atoms with Gasteiger partial charge in [-0.1, -0.05) is 6.92 Å². The summed E-state index contributed by atoms with van der Waals surface area (Å²) in [5.74, 6) is 1.38. The van der Waals surface area contributed by atoms with Crippen molar-refractivity contribution in [3.63, 3.8) is 0 Å². The van der Waals surface area contributed by atoms with Gasteiger partial charge in [-0.2, -0.15) is 4.74 Å². The average molecular weight is 140 g/mol. The SMILES string of the molecule is CO[CH+]C1CCC[CH]C1C. The number of rotatable bonds is 2. The molecule has 0 aliphatic heterocycles. The molecule has 0 aromatic heterocycles. The van der Waals surface area contributed by atoms with Gasteiger partial charge in [0.1, 0.15) is 5.92 Å². The Morgan fingerprint density at radius 2 is 2.40 bits per heavy atom. The number of hydrogen-bond acceptors (Lipinski definition) is 1. The fraction of sp³-hybridized carbons (Fsp3) is 0.778. The highest BCUT2D eigenvalue weighted by atomic mass is 16.5. The van der Waals surface area contributed by atoms with Gasteiger partial charge in [0.2, 0.25) is 6.61 Å². The van der Waals surface area contributed by atoms with Gasteiger partial charge >= 0.3 is 0 Å². The maximum Gasteiger partial charge on any atom is 0.230 e. The molecule has 1 saturated carbocycles. The van der Waals surface area contributed by atoms with Crippen LogP contribution in [0.4, 0.5) is 0 Å². The highest BCUT2D eigenvalue weighted by molar-refractivity contribution is 4.87. The Balaban J connectivity index is 2.25. The first-order chi connectivity index (χ1) is 4.84. The van der Waals surface area contributed by atoms with E-state index >= 15 is 0 Å². The van der Waals surface area contributed by atoms with Crippen molar-refractivity contribution in [3.05, 3.63) is 13.0 Å². The van der Waals surface area contributed by atoms with Crippen LogP contribution in [0, 0.1) is 24.9 Å². The van der Waals surface area contributed by atoms with Crippen LogP contribution >= 0.6 is 0 Å². The van der Waals surface area contributed by atoms with Gasteiger partial charge in [0, 0.05) is 5.92 Å². The summed E-state index contributed by atoms with van der Waals surface area (Å²) in [5, 5.41) is 0. The number of hydrogen-bond donors (Lipinski definition) is 0. The van der Waals surface area contributed by atoms with Gasteiger partial charge in [-0.25, -0.2) is 0 Å². The number of ether oxygens (including phenoxy) is 1. The largest absolute Gasteiger partial charge is 0.230 e. The fourth-order valence-electron chi connectivity index (χ4n) is 1.54. The molecule has 1 rings (SSSR count). The van der Waals surface area contributed by atoms with Crippen molar-refractivity contribution in [2.24, 2.45) is 11.8 Å². The summed E-state index contributed by atoms with van der Waals surface area (Å²) in [5.41, 5.74) is 0. The molecule has 2 unspecified atom stereocenters. The van der Waals surface area contributed by atoms with Gasteiger partial charge in [0.05, 0.1) is 7.11 Å². The third-order valence-corrected chi connectivity index (χ3v) is 2.27. The molecule has 1 fully saturated rings. The zero-order valence-electron chi connectivity index (χ0n) is 6.84. The Morgan fingerprint density at radius 3 is 3.00 bits per heavy atom. The lowest BCUT2D eigenvalue weighted by Gasteiger charge is -2.20. The first kappa shape index (κ1) is 7.93. The lowest BCUT2D eigenvalue weighted by molar-refractivity contribution is 0.185. The quantitative estimate of drug-likeness (QED) is 0.535. The van der Waals surface area contributed by atoms with Crippen molar-refractivity contribution < 1.29 is 4.74 Å². The summed E-state index contributed by atoms with van der Waals surface area (Å²) in [7, 11) is 1.74. The van der Waals surface area contributed by atoms with Crippen LogP contribution in [0.25, 0.3) is 0 Å². The van der Waals surface area contributed by atoms with Gasteiger partial charge in [-0.15, -0.1) is 0 Å². The van der Waals surface area contributed by atoms with Crippen molar-refractivity contribution >= 4 is 0 Å². The van der Waals surface area contributed by atoms with E-state index in [0.717, 1.165) is 0 Å². The van der Waals surface area contributed by atoms with Crippen molar-refractivity contribution in [1.29, 1.82) is 0 Å². The molecule has 0 spiro atoms. The normalized spacial score (nSPS) is 33.8. The van der Waals surface area contributed by atoms with Gasteiger partial charge in [-0.05, 0) is 25.7 Å². The van der Waals surface area contributed by atoms with Crippen LogP contribution in [0.15, 0.2) is 0 Å².